The molecule has 1 fully saturated rings. The molecule has 0 saturated heterocycles. The number of aromatic nitrogens is 3. The van der Waals surface area contributed by atoms with E-state index in [0.717, 1.165) is 12.8 Å². The van der Waals surface area contributed by atoms with Gasteiger partial charge in [-0.3, -0.25) is 4.57 Å². The molecule has 0 radical (unpaired) electrons. The van der Waals surface area contributed by atoms with Crippen LogP contribution in [0.3, 0.4) is 0 Å². The Morgan fingerprint density at radius 2 is 2.32 bits per heavy atom. The van der Waals surface area contributed by atoms with Gasteiger partial charge in [-0.2, -0.15) is 0 Å². The van der Waals surface area contributed by atoms with Gasteiger partial charge in [0.2, 0.25) is 0 Å². The van der Waals surface area contributed by atoms with Crippen molar-refractivity contribution in [3.63, 3.8) is 0 Å². The van der Waals surface area contributed by atoms with Crippen molar-refractivity contribution in [2.75, 3.05) is 5.73 Å². The lowest BCUT2D eigenvalue weighted by molar-refractivity contribution is 0.626. The van der Waals surface area contributed by atoms with Gasteiger partial charge in [0, 0.05) is 17.5 Å². The van der Waals surface area contributed by atoms with Crippen LogP contribution < -0.4 is 11.4 Å². The molecule has 0 atom stereocenters. The van der Waals surface area contributed by atoms with Crippen molar-refractivity contribution in [2.24, 2.45) is 0 Å². The number of H-pyrrole nitrogens is 1. The Kier molecular flexibility index (Phi) is 3.06. The van der Waals surface area contributed by atoms with Gasteiger partial charge in [-0.15, -0.1) is 5.10 Å². The number of halogens is 1. The maximum Gasteiger partial charge on any atom is 0.344 e. The highest BCUT2D eigenvalue weighted by Crippen LogP contribution is 2.36. The van der Waals surface area contributed by atoms with E-state index < -0.39 is 0 Å². The Labute approximate surface area is 113 Å². The van der Waals surface area contributed by atoms with Crippen LogP contribution in [0.5, 0.6) is 0 Å². The monoisotopic (exact) mass is 280 g/mol. The van der Waals surface area contributed by atoms with Crippen molar-refractivity contribution in [1.82, 2.24) is 14.8 Å². The van der Waals surface area contributed by atoms with Crippen molar-refractivity contribution >= 4 is 17.4 Å². The molecule has 1 aromatic carbocycles. The Morgan fingerprint density at radius 1 is 1.53 bits per heavy atom. The lowest BCUT2D eigenvalue weighted by atomic mass is 10.2. The van der Waals surface area contributed by atoms with E-state index in [1.807, 2.05) is 0 Å². The fourth-order valence-corrected chi connectivity index (χ4v) is 2.90. The summed E-state index contributed by atoms with van der Waals surface area (Å²) in [4.78, 5) is 11.6. The van der Waals surface area contributed by atoms with Gasteiger partial charge in [-0.05, 0) is 36.6 Å². The van der Waals surface area contributed by atoms with Gasteiger partial charge < -0.3 is 5.73 Å². The zero-order valence-corrected chi connectivity index (χ0v) is 10.9. The Morgan fingerprint density at radius 3 is 3.05 bits per heavy atom. The van der Waals surface area contributed by atoms with Gasteiger partial charge in [0.1, 0.15) is 5.82 Å². The molecule has 0 bridgehead atoms. The average Bonchev–Trinajstić information content (AvgIpc) is 3.15. The molecule has 0 unspecified atom stereocenters. The number of hydrogen-bond donors (Lipinski definition) is 2. The average molecular weight is 280 g/mol. The van der Waals surface area contributed by atoms with E-state index in [0.29, 0.717) is 22.2 Å². The molecule has 0 aliphatic heterocycles. The molecular weight excluding hydrogens is 267 g/mol. The van der Waals surface area contributed by atoms with Gasteiger partial charge in [0.25, 0.3) is 0 Å². The minimum Gasteiger partial charge on any atom is -0.398 e. The molecular formula is C12H13FN4OS. The number of benzene rings is 1. The summed E-state index contributed by atoms with van der Waals surface area (Å²) in [6, 6.07) is 4.55. The van der Waals surface area contributed by atoms with Crippen LogP contribution in [0.1, 0.15) is 24.4 Å². The van der Waals surface area contributed by atoms with Crippen molar-refractivity contribution in [1.29, 1.82) is 0 Å². The van der Waals surface area contributed by atoms with E-state index in [-0.39, 0.29) is 17.5 Å². The summed E-state index contributed by atoms with van der Waals surface area (Å²) >= 11 is 1.39. The number of nitrogens with zero attached hydrogens (tertiary/aromatic N) is 2. The van der Waals surface area contributed by atoms with Crippen molar-refractivity contribution in [2.45, 2.75) is 29.8 Å². The standard InChI is InChI=1S/C12H13FN4OS/c13-8-1-4-10(14)7(5-8)6-19-12-16-15-11(18)17(12)9-2-3-9/h1,4-5,9H,2-3,6,14H2,(H,15,18). The fraction of sp³-hybridized carbons (Fsp3) is 0.333. The number of nitrogen functional groups attached to an aromatic ring is 1. The summed E-state index contributed by atoms with van der Waals surface area (Å²) in [5.41, 5.74) is 6.87. The molecule has 100 valence electrons. The third-order valence-electron chi connectivity index (χ3n) is 3.05. The summed E-state index contributed by atoms with van der Waals surface area (Å²) in [6.45, 7) is 0. The minimum absolute atomic E-state index is 0.183. The van der Waals surface area contributed by atoms with Crippen molar-refractivity contribution in [3.8, 4) is 0 Å². The summed E-state index contributed by atoms with van der Waals surface area (Å²) in [7, 11) is 0. The SMILES string of the molecule is Nc1ccc(F)cc1CSc1n[nH]c(=O)n1C1CC1. The Bertz CT molecular complexity index is 662. The van der Waals surface area contributed by atoms with Crippen LogP contribution in [-0.4, -0.2) is 14.8 Å². The van der Waals surface area contributed by atoms with Gasteiger partial charge >= 0.3 is 5.69 Å². The number of anilines is 1. The summed E-state index contributed by atoms with van der Waals surface area (Å²) in [6.07, 6.45) is 2.02. The van der Waals surface area contributed by atoms with E-state index in [1.165, 1.54) is 23.9 Å². The molecule has 1 aliphatic rings. The lowest BCUT2D eigenvalue weighted by Crippen LogP contribution is -2.16. The summed E-state index contributed by atoms with van der Waals surface area (Å²) < 4.78 is 14.8. The predicted octanol–water partition coefficient (Wildman–Crippen LogP) is 1.92. The first kappa shape index (κ1) is 12.3. The predicted molar refractivity (Wildman–Crippen MR) is 71.5 cm³/mol. The van der Waals surface area contributed by atoms with E-state index in [1.54, 1.807) is 10.6 Å². The molecule has 1 saturated carbocycles. The topological polar surface area (TPSA) is 76.7 Å². The molecule has 0 spiro atoms. The number of nitrogens with one attached hydrogen (secondary N) is 1. The van der Waals surface area contributed by atoms with Crippen LogP contribution in [0.25, 0.3) is 0 Å². The van der Waals surface area contributed by atoms with Crippen LogP contribution in [0.2, 0.25) is 0 Å². The number of aromatic amines is 1. The number of nitrogens with two attached hydrogens (primary N) is 1. The van der Waals surface area contributed by atoms with E-state index in [2.05, 4.69) is 10.2 Å². The number of thioether (sulfide) groups is 1. The molecule has 5 nitrogen and oxygen atoms in total. The van der Waals surface area contributed by atoms with Crippen LogP contribution in [0.15, 0.2) is 28.2 Å². The first-order valence-electron chi connectivity index (χ1n) is 5.99. The minimum atomic E-state index is -0.314. The highest BCUT2D eigenvalue weighted by atomic mass is 32.2. The summed E-state index contributed by atoms with van der Waals surface area (Å²) in [5.74, 6) is 0.173. The zero-order valence-electron chi connectivity index (χ0n) is 10.1. The normalized spacial score (nSPS) is 14.8. The second-order valence-electron chi connectivity index (χ2n) is 4.54. The van der Waals surface area contributed by atoms with Crippen molar-refractivity contribution < 1.29 is 4.39 Å². The summed E-state index contributed by atoms with van der Waals surface area (Å²) in [5, 5.41) is 7.09. The van der Waals surface area contributed by atoms with E-state index in [4.69, 9.17) is 5.73 Å². The smallest absolute Gasteiger partial charge is 0.344 e. The van der Waals surface area contributed by atoms with Crippen LogP contribution in [0.4, 0.5) is 10.1 Å². The maximum atomic E-state index is 13.2. The van der Waals surface area contributed by atoms with Crippen LogP contribution in [0, 0.1) is 5.82 Å². The van der Waals surface area contributed by atoms with Gasteiger partial charge in [-0.1, -0.05) is 11.8 Å². The molecule has 1 heterocycles. The first-order valence-corrected chi connectivity index (χ1v) is 6.97. The van der Waals surface area contributed by atoms with Gasteiger partial charge in [0.15, 0.2) is 5.16 Å². The number of hydrogen-bond acceptors (Lipinski definition) is 4. The third-order valence-corrected chi connectivity index (χ3v) is 4.05. The lowest BCUT2D eigenvalue weighted by Gasteiger charge is -2.06. The molecule has 19 heavy (non-hydrogen) atoms. The molecule has 3 rings (SSSR count). The third kappa shape index (κ3) is 2.51. The molecule has 2 aromatic rings. The number of rotatable bonds is 4. The van der Waals surface area contributed by atoms with Gasteiger partial charge in [0.05, 0.1) is 0 Å². The second-order valence-corrected chi connectivity index (χ2v) is 5.49. The fourth-order valence-electron chi connectivity index (χ4n) is 1.89. The van der Waals surface area contributed by atoms with E-state index in [9.17, 15) is 9.18 Å². The Balaban J connectivity index is 1.79. The van der Waals surface area contributed by atoms with Gasteiger partial charge in [-0.25, -0.2) is 14.3 Å². The van der Waals surface area contributed by atoms with Crippen LogP contribution >= 0.6 is 11.8 Å². The maximum absolute atomic E-state index is 13.2. The molecule has 0 amide bonds. The Hall–Kier alpha value is -1.76. The highest BCUT2D eigenvalue weighted by Gasteiger charge is 2.28. The largest absolute Gasteiger partial charge is 0.398 e. The highest BCUT2D eigenvalue weighted by molar-refractivity contribution is 7.98. The van der Waals surface area contributed by atoms with Crippen molar-refractivity contribution in [3.05, 3.63) is 40.1 Å². The molecule has 7 heteroatoms. The molecule has 1 aliphatic carbocycles. The van der Waals surface area contributed by atoms with E-state index >= 15 is 0 Å². The quantitative estimate of drug-likeness (QED) is 0.662. The second kappa shape index (κ2) is 4.73. The van der Waals surface area contributed by atoms with Crippen LogP contribution in [-0.2, 0) is 5.75 Å². The molecule has 3 N–H and O–H groups in total. The first-order chi connectivity index (χ1) is 9.15. The zero-order chi connectivity index (χ0) is 13.4. The molecule has 1 aromatic heterocycles.